The second-order valence-electron chi connectivity index (χ2n) is 5.20. The third-order valence-electron chi connectivity index (χ3n) is 3.65. The van der Waals surface area contributed by atoms with Gasteiger partial charge < -0.3 is 14.6 Å². The second kappa shape index (κ2) is 5.50. The lowest BCUT2D eigenvalue weighted by Gasteiger charge is -2.29. The van der Waals surface area contributed by atoms with Crippen LogP contribution in [-0.4, -0.2) is 47.2 Å². The summed E-state index contributed by atoms with van der Waals surface area (Å²) in [6, 6.07) is 5.58. The number of aromatic amines is 1. The van der Waals surface area contributed by atoms with Crippen molar-refractivity contribution >= 4 is 5.91 Å². The summed E-state index contributed by atoms with van der Waals surface area (Å²) >= 11 is 0. The van der Waals surface area contributed by atoms with Crippen LogP contribution in [0.3, 0.4) is 0 Å². The molecule has 0 aromatic carbocycles. The van der Waals surface area contributed by atoms with E-state index in [1.165, 1.54) is 0 Å². The number of likely N-dealkylation sites (tertiary alicyclic amines) is 1. The van der Waals surface area contributed by atoms with Crippen LogP contribution in [-0.2, 0) is 0 Å². The van der Waals surface area contributed by atoms with E-state index in [0.717, 1.165) is 25.9 Å². The van der Waals surface area contributed by atoms with Gasteiger partial charge in [-0.15, -0.1) is 0 Å². The smallest absolute Gasteiger partial charge is 0.272 e. The van der Waals surface area contributed by atoms with Crippen LogP contribution in [0, 0.1) is 0 Å². The second-order valence-corrected chi connectivity index (χ2v) is 5.20. The highest BCUT2D eigenvalue weighted by atomic mass is 16.3. The third-order valence-corrected chi connectivity index (χ3v) is 3.65. The first kappa shape index (κ1) is 12.9. The van der Waals surface area contributed by atoms with Gasteiger partial charge in [0.1, 0.15) is 5.69 Å². The van der Waals surface area contributed by atoms with Crippen molar-refractivity contribution in [1.29, 1.82) is 0 Å². The fourth-order valence-electron chi connectivity index (χ4n) is 2.41. The molecule has 0 atom stereocenters. The first-order valence-electron chi connectivity index (χ1n) is 6.81. The summed E-state index contributed by atoms with van der Waals surface area (Å²) in [5.41, 5.74) is 1.11. The maximum atomic E-state index is 12.1. The Balaban J connectivity index is 1.63. The van der Waals surface area contributed by atoms with Gasteiger partial charge in [0.2, 0.25) is 0 Å². The number of hydrogen-bond donors (Lipinski definition) is 2. The molecule has 1 amide bonds. The first-order chi connectivity index (χ1) is 9.72. The van der Waals surface area contributed by atoms with Gasteiger partial charge in [-0.1, -0.05) is 0 Å². The molecule has 0 unspecified atom stereocenters. The van der Waals surface area contributed by atoms with Crippen LogP contribution in [0.15, 0.2) is 28.9 Å². The lowest BCUT2D eigenvalue weighted by atomic mass is 10.1. The molecule has 1 aliphatic rings. The number of nitrogens with zero attached hydrogens (tertiary/aromatic N) is 2. The summed E-state index contributed by atoms with van der Waals surface area (Å²) in [7, 11) is 2.10. The molecule has 20 heavy (non-hydrogen) atoms. The summed E-state index contributed by atoms with van der Waals surface area (Å²) in [4.78, 5) is 14.4. The van der Waals surface area contributed by atoms with E-state index in [4.69, 9.17) is 4.42 Å². The lowest BCUT2D eigenvalue weighted by molar-refractivity contribution is 0.0912. The van der Waals surface area contributed by atoms with Crippen molar-refractivity contribution in [3.05, 3.63) is 30.2 Å². The summed E-state index contributed by atoms with van der Waals surface area (Å²) in [5, 5.41) is 9.90. The molecule has 2 N–H and O–H groups in total. The molecular weight excluding hydrogens is 256 g/mol. The molecule has 6 heteroatoms. The maximum absolute atomic E-state index is 12.1. The van der Waals surface area contributed by atoms with E-state index in [2.05, 4.69) is 27.5 Å². The number of aromatic nitrogens is 2. The van der Waals surface area contributed by atoms with E-state index in [1.54, 1.807) is 18.4 Å². The van der Waals surface area contributed by atoms with Gasteiger partial charge in [-0.05, 0) is 45.1 Å². The van der Waals surface area contributed by atoms with E-state index < -0.39 is 0 Å². The van der Waals surface area contributed by atoms with Gasteiger partial charge in [0.25, 0.3) is 5.91 Å². The van der Waals surface area contributed by atoms with E-state index >= 15 is 0 Å². The molecule has 2 aromatic rings. The minimum Gasteiger partial charge on any atom is -0.463 e. The normalized spacial score (nSPS) is 17.2. The highest BCUT2D eigenvalue weighted by molar-refractivity contribution is 5.93. The topological polar surface area (TPSA) is 74.2 Å². The fraction of sp³-hybridized carbons (Fsp3) is 0.429. The molecule has 6 nitrogen and oxygen atoms in total. The van der Waals surface area contributed by atoms with E-state index in [9.17, 15) is 4.79 Å². The van der Waals surface area contributed by atoms with Crippen molar-refractivity contribution in [3.63, 3.8) is 0 Å². The minimum atomic E-state index is -0.131. The SMILES string of the molecule is CN1CCC(NC(=O)c2cc(-c3ccco3)[nH]n2)CC1. The highest BCUT2D eigenvalue weighted by Crippen LogP contribution is 2.18. The largest absolute Gasteiger partial charge is 0.463 e. The van der Waals surface area contributed by atoms with Gasteiger partial charge in [-0.2, -0.15) is 5.10 Å². The Kier molecular flexibility index (Phi) is 3.56. The summed E-state index contributed by atoms with van der Waals surface area (Å²) < 4.78 is 5.27. The fourth-order valence-corrected chi connectivity index (χ4v) is 2.41. The van der Waals surface area contributed by atoms with Crippen LogP contribution in [0.5, 0.6) is 0 Å². The van der Waals surface area contributed by atoms with Crippen molar-refractivity contribution in [3.8, 4) is 11.5 Å². The number of carbonyl (C=O) groups is 1. The Hall–Kier alpha value is -2.08. The summed E-state index contributed by atoms with van der Waals surface area (Å²) in [5.74, 6) is 0.546. The Morgan fingerprint density at radius 3 is 3.00 bits per heavy atom. The lowest BCUT2D eigenvalue weighted by Crippen LogP contribution is -2.43. The van der Waals surface area contributed by atoms with E-state index in [1.807, 2.05) is 6.07 Å². The zero-order valence-electron chi connectivity index (χ0n) is 11.4. The van der Waals surface area contributed by atoms with Crippen molar-refractivity contribution in [2.24, 2.45) is 0 Å². The number of carbonyl (C=O) groups excluding carboxylic acids is 1. The van der Waals surface area contributed by atoms with Gasteiger partial charge in [0, 0.05) is 12.1 Å². The highest BCUT2D eigenvalue weighted by Gasteiger charge is 2.20. The van der Waals surface area contributed by atoms with Crippen molar-refractivity contribution in [2.45, 2.75) is 18.9 Å². The number of furan rings is 1. The molecule has 1 fully saturated rings. The molecule has 3 heterocycles. The molecule has 106 valence electrons. The first-order valence-corrected chi connectivity index (χ1v) is 6.81. The molecule has 0 aliphatic carbocycles. The van der Waals surface area contributed by atoms with Crippen molar-refractivity contribution in [2.75, 3.05) is 20.1 Å². The van der Waals surface area contributed by atoms with E-state index in [0.29, 0.717) is 17.1 Å². The molecule has 1 aliphatic heterocycles. The number of nitrogens with one attached hydrogen (secondary N) is 2. The minimum absolute atomic E-state index is 0.131. The monoisotopic (exact) mass is 274 g/mol. The molecule has 3 rings (SSSR count). The molecule has 0 saturated carbocycles. The van der Waals surface area contributed by atoms with Gasteiger partial charge in [-0.25, -0.2) is 0 Å². The zero-order chi connectivity index (χ0) is 13.9. The Bertz CT molecular complexity index is 568. The Morgan fingerprint density at radius 1 is 1.50 bits per heavy atom. The number of hydrogen-bond acceptors (Lipinski definition) is 4. The van der Waals surface area contributed by atoms with Crippen LogP contribution in [0.2, 0.25) is 0 Å². The van der Waals surface area contributed by atoms with Gasteiger partial charge in [-0.3, -0.25) is 9.89 Å². The molecule has 1 saturated heterocycles. The molecular formula is C14H18N4O2. The average Bonchev–Trinajstić information content (AvgIpc) is 3.11. The van der Waals surface area contributed by atoms with Gasteiger partial charge in [0.05, 0.1) is 6.26 Å². The number of amides is 1. The average molecular weight is 274 g/mol. The van der Waals surface area contributed by atoms with Crippen molar-refractivity contribution in [1.82, 2.24) is 20.4 Å². The quantitative estimate of drug-likeness (QED) is 0.889. The van der Waals surface area contributed by atoms with Crippen LogP contribution in [0.1, 0.15) is 23.3 Å². The zero-order valence-corrected chi connectivity index (χ0v) is 11.4. The summed E-state index contributed by atoms with van der Waals surface area (Å²) in [6.45, 7) is 2.03. The predicted molar refractivity (Wildman–Crippen MR) is 74.3 cm³/mol. The van der Waals surface area contributed by atoms with Crippen molar-refractivity contribution < 1.29 is 9.21 Å². The standard InChI is InChI=1S/C14H18N4O2/c1-18-6-4-10(5-7-18)15-14(19)12-9-11(16-17-12)13-3-2-8-20-13/h2-3,8-10H,4-7H2,1H3,(H,15,19)(H,16,17). The third kappa shape index (κ3) is 2.75. The Labute approximate surface area is 117 Å². The van der Waals surface area contributed by atoms with Gasteiger partial charge >= 0.3 is 0 Å². The van der Waals surface area contributed by atoms with Crippen LogP contribution in [0.4, 0.5) is 0 Å². The molecule has 2 aromatic heterocycles. The Morgan fingerprint density at radius 2 is 2.30 bits per heavy atom. The van der Waals surface area contributed by atoms with Crippen LogP contribution >= 0.6 is 0 Å². The molecule has 0 radical (unpaired) electrons. The number of piperidine rings is 1. The van der Waals surface area contributed by atoms with Gasteiger partial charge in [0.15, 0.2) is 11.5 Å². The van der Waals surface area contributed by atoms with Crippen LogP contribution < -0.4 is 5.32 Å². The molecule has 0 spiro atoms. The molecule has 0 bridgehead atoms. The maximum Gasteiger partial charge on any atom is 0.272 e. The van der Waals surface area contributed by atoms with Crippen LogP contribution in [0.25, 0.3) is 11.5 Å². The number of H-pyrrole nitrogens is 1. The summed E-state index contributed by atoms with van der Waals surface area (Å²) in [6.07, 6.45) is 3.56. The number of rotatable bonds is 3. The van der Waals surface area contributed by atoms with E-state index in [-0.39, 0.29) is 11.9 Å². The predicted octanol–water partition coefficient (Wildman–Crippen LogP) is 1.49.